The van der Waals surface area contributed by atoms with Crippen LogP contribution in [0.1, 0.15) is 25.7 Å². The highest BCUT2D eigenvalue weighted by Crippen LogP contribution is 2.45. The molecule has 1 aromatic carbocycles. The lowest BCUT2D eigenvalue weighted by molar-refractivity contribution is 0.439. The number of aromatic nitrogens is 1. The summed E-state index contributed by atoms with van der Waals surface area (Å²) >= 11 is 1.63. The van der Waals surface area contributed by atoms with Crippen LogP contribution in [-0.4, -0.2) is 11.0 Å². The molecule has 94 valence electrons. The summed E-state index contributed by atoms with van der Waals surface area (Å²) < 4.78 is 14.2. The molecule has 2 aliphatic rings. The Bertz CT molecular complexity index is 594. The van der Waals surface area contributed by atoms with E-state index in [-0.39, 0.29) is 5.82 Å². The average molecular weight is 262 g/mol. The summed E-state index contributed by atoms with van der Waals surface area (Å²) in [4.78, 5) is 4.49. The van der Waals surface area contributed by atoms with Gasteiger partial charge in [-0.1, -0.05) is 17.8 Å². The molecule has 2 aromatic rings. The third-order valence-corrected chi connectivity index (χ3v) is 5.36. The second kappa shape index (κ2) is 3.92. The van der Waals surface area contributed by atoms with Crippen LogP contribution in [0.25, 0.3) is 10.2 Å². The first-order valence-electron chi connectivity index (χ1n) is 6.60. The third-order valence-electron chi connectivity index (χ3n) is 4.40. The number of rotatable bonds is 2. The summed E-state index contributed by atoms with van der Waals surface area (Å²) in [6.07, 6.45) is 5.45. The fourth-order valence-corrected chi connectivity index (χ4v) is 4.45. The van der Waals surface area contributed by atoms with Crippen LogP contribution in [-0.2, 0) is 0 Å². The molecule has 2 nitrogen and oxygen atoms in total. The van der Waals surface area contributed by atoms with Gasteiger partial charge in [-0.3, -0.25) is 0 Å². The Kier molecular flexibility index (Phi) is 2.34. The number of fused-ring (bicyclic) bond motifs is 3. The lowest BCUT2D eigenvalue weighted by atomic mass is 9.96. The summed E-state index contributed by atoms with van der Waals surface area (Å²) in [6, 6.07) is 5.42. The van der Waals surface area contributed by atoms with Crippen LogP contribution < -0.4 is 5.32 Å². The van der Waals surface area contributed by atoms with Crippen LogP contribution in [0.15, 0.2) is 18.2 Å². The third kappa shape index (κ3) is 1.70. The summed E-state index contributed by atoms with van der Waals surface area (Å²) in [6.45, 7) is 0. The quantitative estimate of drug-likeness (QED) is 0.883. The predicted molar refractivity (Wildman–Crippen MR) is 72.4 cm³/mol. The number of thiazole rings is 1. The molecule has 0 amide bonds. The van der Waals surface area contributed by atoms with Crippen molar-refractivity contribution in [3.05, 3.63) is 24.0 Å². The van der Waals surface area contributed by atoms with Gasteiger partial charge in [0.2, 0.25) is 0 Å². The van der Waals surface area contributed by atoms with Crippen LogP contribution >= 0.6 is 11.3 Å². The van der Waals surface area contributed by atoms with Crippen molar-refractivity contribution in [3.8, 4) is 0 Å². The largest absolute Gasteiger partial charge is 0.358 e. The number of hydrogen-bond donors (Lipinski definition) is 1. The van der Waals surface area contributed by atoms with Crippen molar-refractivity contribution < 1.29 is 4.39 Å². The number of hydrogen-bond acceptors (Lipinski definition) is 3. The molecule has 2 aliphatic carbocycles. The van der Waals surface area contributed by atoms with Crippen molar-refractivity contribution in [2.75, 3.05) is 5.32 Å². The maximum Gasteiger partial charge on any atom is 0.184 e. The first-order chi connectivity index (χ1) is 8.78. The Morgan fingerprint density at radius 3 is 3.00 bits per heavy atom. The Hall–Kier alpha value is -1.16. The number of halogens is 1. The van der Waals surface area contributed by atoms with Crippen molar-refractivity contribution in [1.29, 1.82) is 0 Å². The smallest absolute Gasteiger partial charge is 0.184 e. The van der Waals surface area contributed by atoms with E-state index in [0.29, 0.717) is 6.04 Å². The molecule has 0 aliphatic heterocycles. The van der Waals surface area contributed by atoms with E-state index in [2.05, 4.69) is 10.3 Å². The van der Waals surface area contributed by atoms with E-state index in [4.69, 9.17) is 0 Å². The van der Waals surface area contributed by atoms with E-state index in [9.17, 15) is 4.39 Å². The molecule has 2 saturated carbocycles. The second-order valence-corrected chi connectivity index (χ2v) is 6.59. The van der Waals surface area contributed by atoms with Gasteiger partial charge in [0.25, 0.3) is 0 Å². The van der Waals surface area contributed by atoms with E-state index in [0.717, 1.165) is 27.2 Å². The molecule has 18 heavy (non-hydrogen) atoms. The first-order valence-corrected chi connectivity index (χ1v) is 7.42. The van der Waals surface area contributed by atoms with E-state index >= 15 is 0 Å². The highest BCUT2D eigenvalue weighted by atomic mass is 32.1. The lowest BCUT2D eigenvalue weighted by Gasteiger charge is -2.22. The van der Waals surface area contributed by atoms with Gasteiger partial charge in [-0.2, -0.15) is 0 Å². The average Bonchev–Trinajstić information content (AvgIpc) is 3.02. The summed E-state index contributed by atoms with van der Waals surface area (Å²) in [5.41, 5.74) is 0.769. The van der Waals surface area contributed by atoms with Gasteiger partial charge in [0.15, 0.2) is 5.13 Å². The zero-order chi connectivity index (χ0) is 12.1. The number of benzene rings is 1. The van der Waals surface area contributed by atoms with Crippen LogP contribution in [0.4, 0.5) is 9.52 Å². The number of nitrogens with one attached hydrogen (secondary N) is 1. The van der Waals surface area contributed by atoms with Gasteiger partial charge in [-0.15, -0.1) is 0 Å². The highest BCUT2D eigenvalue weighted by Gasteiger charge is 2.39. The van der Waals surface area contributed by atoms with E-state index in [1.807, 2.05) is 6.07 Å². The van der Waals surface area contributed by atoms with Gasteiger partial charge in [0, 0.05) is 12.1 Å². The van der Waals surface area contributed by atoms with Gasteiger partial charge >= 0.3 is 0 Å². The zero-order valence-electron chi connectivity index (χ0n) is 10.0. The highest BCUT2D eigenvalue weighted by molar-refractivity contribution is 7.22. The Labute approximate surface area is 109 Å². The standard InChI is InChI=1S/C14H15FN2S/c15-10-3-4-13-12(7-10)17-14(18-13)16-11-6-8-1-2-9(11)5-8/h3-4,7-9,11H,1-2,5-6H2,(H,16,17). The lowest BCUT2D eigenvalue weighted by Crippen LogP contribution is -2.25. The van der Waals surface area contributed by atoms with E-state index in [1.54, 1.807) is 11.3 Å². The minimum atomic E-state index is -0.209. The maximum atomic E-state index is 13.1. The second-order valence-electron chi connectivity index (χ2n) is 5.56. The van der Waals surface area contributed by atoms with Crippen LogP contribution in [0, 0.1) is 17.7 Å². The Balaban J connectivity index is 1.59. The molecule has 1 aromatic heterocycles. The van der Waals surface area contributed by atoms with Gasteiger partial charge in [0.1, 0.15) is 5.82 Å². The maximum absolute atomic E-state index is 13.1. The fraction of sp³-hybridized carbons (Fsp3) is 0.500. The Morgan fingerprint density at radius 1 is 1.28 bits per heavy atom. The minimum Gasteiger partial charge on any atom is -0.358 e. The summed E-state index contributed by atoms with van der Waals surface area (Å²) in [5.74, 6) is 1.55. The van der Waals surface area contributed by atoms with Gasteiger partial charge in [0.05, 0.1) is 10.2 Å². The normalized spacial score (nSPS) is 30.2. The molecule has 2 fully saturated rings. The molecular weight excluding hydrogens is 247 g/mol. The van der Waals surface area contributed by atoms with Crippen molar-refractivity contribution >= 4 is 26.7 Å². The molecule has 2 bridgehead atoms. The molecule has 0 radical (unpaired) electrons. The van der Waals surface area contributed by atoms with E-state index in [1.165, 1.54) is 37.8 Å². The SMILES string of the molecule is Fc1ccc2sc(NC3CC4CCC3C4)nc2c1. The minimum absolute atomic E-state index is 0.209. The van der Waals surface area contributed by atoms with Crippen LogP contribution in [0.3, 0.4) is 0 Å². The van der Waals surface area contributed by atoms with Crippen molar-refractivity contribution in [2.45, 2.75) is 31.7 Å². The molecular formula is C14H15FN2S. The van der Waals surface area contributed by atoms with E-state index < -0.39 is 0 Å². The molecule has 4 rings (SSSR count). The monoisotopic (exact) mass is 262 g/mol. The molecule has 0 spiro atoms. The van der Waals surface area contributed by atoms with Crippen molar-refractivity contribution in [2.24, 2.45) is 11.8 Å². The topological polar surface area (TPSA) is 24.9 Å². The molecule has 3 atom stereocenters. The Morgan fingerprint density at radius 2 is 2.22 bits per heavy atom. The van der Waals surface area contributed by atoms with Gasteiger partial charge in [-0.05, 0) is 43.2 Å². The van der Waals surface area contributed by atoms with Crippen LogP contribution in [0.5, 0.6) is 0 Å². The zero-order valence-corrected chi connectivity index (χ0v) is 10.8. The summed E-state index contributed by atoms with van der Waals surface area (Å²) in [7, 11) is 0. The molecule has 4 heteroatoms. The molecule has 1 heterocycles. The molecule has 0 saturated heterocycles. The number of nitrogens with zero attached hydrogens (tertiary/aromatic N) is 1. The molecule has 3 unspecified atom stereocenters. The first kappa shape index (κ1) is 10.7. The van der Waals surface area contributed by atoms with Gasteiger partial charge in [-0.25, -0.2) is 9.37 Å². The predicted octanol–water partition coefficient (Wildman–Crippen LogP) is 4.04. The van der Waals surface area contributed by atoms with Crippen molar-refractivity contribution in [3.63, 3.8) is 0 Å². The fourth-order valence-electron chi connectivity index (χ4n) is 3.54. The van der Waals surface area contributed by atoms with Gasteiger partial charge < -0.3 is 5.32 Å². The summed E-state index contributed by atoms with van der Waals surface area (Å²) in [5, 5.41) is 4.52. The molecule has 1 N–H and O–H groups in total. The van der Waals surface area contributed by atoms with Crippen molar-refractivity contribution in [1.82, 2.24) is 4.98 Å². The number of anilines is 1. The van der Waals surface area contributed by atoms with Crippen LogP contribution in [0.2, 0.25) is 0 Å².